The molecule has 0 bridgehead atoms. The molecule has 0 fully saturated rings. The zero-order valence-electron chi connectivity index (χ0n) is 10.8. The molecule has 5 heteroatoms. The molecule has 0 aliphatic carbocycles. The minimum atomic E-state index is -0.160. The highest BCUT2D eigenvalue weighted by molar-refractivity contribution is 6.34. The predicted molar refractivity (Wildman–Crippen MR) is 81.0 cm³/mol. The fourth-order valence-corrected chi connectivity index (χ4v) is 1.86. The second-order valence-corrected chi connectivity index (χ2v) is 4.61. The smallest absolute Gasteiger partial charge is 0.227 e. The summed E-state index contributed by atoms with van der Waals surface area (Å²) in [6.45, 7) is 0.308. The maximum atomic E-state index is 11.8. The molecule has 0 unspecified atom stereocenters. The van der Waals surface area contributed by atoms with Crippen LogP contribution in [0.5, 0.6) is 5.75 Å². The average Bonchev–Trinajstić information content (AvgIpc) is 2.43. The molecular formula is C15H15ClN2O2. The van der Waals surface area contributed by atoms with Gasteiger partial charge >= 0.3 is 0 Å². The molecule has 0 aromatic heterocycles. The summed E-state index contributed by atoms with van der Waals surface area (Å²) in [5.74, 6) is 0.582. The Morgan fingerprint density at radius 3 is 2.65 bits per heavy atom. The highest BCUT2D eigenvalue weighted by Crippen LogP contribution is 2.24. The summed E-state index contributed by atoms with van der Waals surface area (Å²) in [7, 11) is 0. The van der Waals surface area contributed by atoms with E-state index in [1.165, 1.54) is 0 Å². The molecule has 0 heterocycles. The molecule has 0 aliphatic heterocycles. The van der Waals surface area contributed by atoms with Crippen LogP contribution >= 0.6 is 11.6 Å². The van der Waals surface area contributed by atoms with Gasteiger partial charge in [0, 0.05) is 5.69 Å². The Labute approximate surface area is 122 Å². The van der Waals surface area contributed by atoms with Gasteiger partial charge in [-0.15, -0.1) is 0 Å². The normalized spacial score (nSPS) is 10.1. The summed E-state index contributed by atoms with van der Waals surface area (Å²) in [5.41, 5.74) is 6.69. The van der Waals surface area contributed by atoms with Crippen LogP contribution in [-0.2, 0) is 4.79 Å². The molecule has 0 radical (unpaired) electrons. The zero-order valence-corrected chi connectivity index (χ0v) is 11.6. The van der Waals surface area contributed by atoms with Gasteiger partial charge in [0.05, 0.1) is 23.7 Å². The van der Waals surface area contributed by atoms with Gasteiger partial charge in [0.1, 0.15) is 5.75 Å². The van der Waals surface area contributed by atoms with Crippen LogP contribution in [0.2, 0.25) is 5.02 Å². The lowest BCUT2D eigenvalue weighted by Crippen LogP contribution is -2.15. The van der Waals surface area contributed by atoms with Crippen LogP contribution in [0, 0.1) is 0 Å². The van der Waals surface area contributed by atoms with Crippen LogP contribution in [0.1, 0.15) is 6.42 Å². The van der Waals surface area contributed by atoms with E-state index in [-0.39, 0.29) is 12.3 Å². The molecule has 4 nitrogen and oxygen atoms in total. The maximum absolute atomic E-state index is 11.8. The standard InChI is InChI=1S/C15H15ClN2O2/c16-13-10-11(17)6-7-14(13)18-15(19)8-9-20-12-4-2-1-3-5-12/h1-7,10H,8-9,17H2,(H,18,19). The SMILES string of the molecule is Nc1ccc(NC(=O)CCOc2ccccc2)c(Cl)c1. The third-order valence-electron chi connectivity index (χ3n) is 2.61. The first-order valence-corrected chi connectivity index (χ1v) is 6.55. The second-order valence-electron chi connectivity index (χ2n) is 4.20. The van der Waals surface area contributed by atoms with Gasteiger partial charge in [-0.1, -0.05) is 29.8 Å². The molecule has 0 saturated carbocycles. The number of carbonyl (C=O) groups is 1. The van der Waals surface area contributed by atoms with Crippen molar-refractivity contribution in [3.63, 3.8) is 0 Å². The number of nitrogens with one attached hydrogen (secondary N) is 1. The van der Waals surface area contributed by atoms with E-state index < -0.39 is 0 Å². The Morgan fingerprint density at radius 2 is 1.95 bits per heavy atom. The lowest BCUT2D eigenvalue weighted by Gasteiger charge is -2.09. The van der Waals surface area contributed by atoms with E-state index in [0.717, 1.165) is 5.75 Å². The number of anilines is 2. The number of rotatable bonds is 5. The predicted octanol–water partition coefficient (Wildman–Crippen LogP) is 3.33. The number of nitrogen functional groups attached to an aromatic ring is 1. The summed E-state index contributed by atoms with van der Waals surface area (Å²) in [5, 5.41) is 3.14. The number of halogens is 1. The van der Waals surface area contributed by atoms with E-state index in [4.69, 9.17) is 22.1 Å². The highest BCUT2D eigenvalue weighted by Gasteiger charge is 2.06. The number of ether oxygens (including phenoxy) is 1. The lowest BCUT2D eigenvalue weighted by atomic mass is 10.2. The molecule has 104 valence electrons. The Kier molecular flexibility index (Phi) is 4.85. The van der Waals surface area contributed by atoms with Gasteiger partial charge in [0.15, 0.2) is 0 Å². The number of hydrogen-bond donors (Lipinski definition) is 2. The van der Waals surface area contributed by atoms with Gasteiger partial charge in [-0.3, -0.25) is 4.79 Å². The van der Waals surface area contributed by atoms with Crippen molar-refractivity contribution in [2.45, 2.75) is 6.42 Å². The van der Waals surface area contributed by atoms with Crippen LogP contribution < -0.4 is 15.8 Å². The highest BCUT2D eigenvalue weighted by atomic mass is 35.5. The molecule has 2 rings (SSSR count). The summed E-state index contributed by atoms with van der Waals surface area (Å²) in [4.78, 5) is 11.8. The fraction of sp³-hybridized carbons (Fsp3) is 0.133. The Morgan fingerprint density at radius 1 is 1.20 bits per heavy atom. The minimum absolute atomic E-state index is 0.160. The number of benzene rings is 2. The third-order valence-corrected chi connectivity index (χ3v) is 2.92. The monoisotopic (exact) mass is 290 g/mol. The van der Waals surface area contributed by atoms with E-state index in [0.29, 0.717) is 23.0 Å². The minimum Gasteiger partial charge on any atom is -0.493 e. The average molecular weight is 291 g/mol. The molecule has 1 amide bonds. The molecule has 0 saturated heterocycles. The van der Waals surface area contributed by atoms with E-state index in [1.807, 2.05) is 30.3 Å². The van der Waals surface area contributed by atoms with Gasteiger partial charge in [-0.25, -0.2) is 0 Å². The quantitative estimate of drug-likeness (QED) is 0.830. The fourth-order valence-electron chi connectivity index (χ4n) is 1.62. The van der Waals surface area contributed by atoms with E-state index in [2.05, 4.69) is 5.32 Å². The Hall–Kier alpha value is -2.20. The van der Waals surface area contributed by atoms with Crippen molar-refractivity contribution < 1.29 is 9.53 Å². The van der Waals surface area contributed by atoms with Crippen molar-refractivity contribution in [2.24, 2.45) is 0 Å². The first-order chi connectivity index (χ1) is 9.65. The number of nitrogens with two attached hydrogens (primary N) is 1. The molecule has 0 spiro atoms. The van der Waals surface area contributed by atoms with Gasteiger partial charge in [0.25, 0.3) is 0 Å². The van der Waals surface area contributed by atoms with Crippen molar-refractivity contribution in [1.82, 2.24) is 0 Å². The second kappa shape index (κ2) is 6.82. The molecule has 20 heavy (non-hydrogen) atoms. The van der Waals surface area contributed by atoms with Gasteiger partial charge < -0.3 is 15.8 Å². The van der Waals surface area contributed by atoms with Crippen molar-refractivity contribution in [1.29, 1.82) is 0 Å². The largest absolute Gasteiger partial charge is 0.493 e. The van der Waals surface area contributed by atoms with E-state index in [1.54, 1.807) is 18.2 Å². The zero-order chi connectivity index (χ0) is 14.4. The summed E-state index contributed by atoms with van der Waals surface area (Å²) >= 11 is 5.98. The summed E-state index contributed by atoms with van der Waals surface area (Å²) < 4.78 is 5.45. The summed E-state index contributed by atoms with van der Waals surface area (Å²) in [6, 6.07) is 14.3. The summed E-state index contributed by atoms with van der Waals surface area (Å²) in [6.07, 6.45) is 0.246. The van der Waals surface area contributed by atoms with Crippen LogP contribution in [0.25, 0.3) is 0 Å². The van der Waals surface area contributed by atoms with Crippen molar-refractivity contribution in [2.75, 3.05) is 17.7 Å². The van der Waals surface area contributed by atoms with E-state index in [9.17, 15) is 4.79 Å². The first kappa shape index (κ1) is 14.2. The van der Waals surface area contributed by atoms with E-state index >= 15 is 0 Å². The van der Waals surface area contributed by atoms with Crippen LogP contribution in [-0.4, -0.2) is 12.5 Å². The number of amides is 1. The molecule has 2 aromatic rings. The topological polar surface area (TPSA) is 64.3 Å². The first-order valence-electron chi connectivity index (χ1n) is 6.18. The molecular weight excluding hydrogens is 276 g/mol. The molecule has 0 aliphatic rings. The lowest BCUT2D eigenvalue weighted by molar-refractivity contribution is -0.116. The third kappa shape index (κ3) is 4.17. The van der Waals surface area contributed by atoms with Crippen LogP contribution in [0.3, 0.4) is 0 Å². The van der Waals surface area contributed by atoms with Gasteiger partial charge in [-0.05, 0) is 30.3 Å². The number of para-hydroxylation sites is 1. The molecule has 3 N–H and O–H groups in total. The Balaban J connectivity index is 1.81. The van der Waals surface area contributed by atoms with Crippen molar-refractivity contribution >= 4 is 28.9 Å². The van der Waals surface area contributed by atoms with Crippen LogP contribution in [0.4, 0.5) is 11.4 Å². The van der Waals surface area contributed by atoms with Crippen LogP contribution in [0.15, 0.2) is 48.5 Å². The van der Waals surface area contributed by atoms with Crippen molar-refractivity contribution in [3.05, 3.63) is 53.6 Å². The van der Waals surface area contributed by atoms with Gasteiger partial charge in [0.2, 0.25) is 5.91 Å². The molecule has 2 aromatic carbocycles. The maximum Gasteiger partial charge on any atom is 0.227 e. The van der Waals surface area contributed by atoms with Gasteiger partial charge in [-0.2, -0.15) is 0 Å². The number of hydrogen-bond acceptors (Lipinski definition) is 3. The number of carbonyl (C=O) groups excluding carboxylic acids is 1. The Bertz CT molecular complexity index is 588. The molecule has 0 atom stereocenters. The van der Waals surface area contributed by atoms with Crippen molar-refractivity contribution in [3.8, 4) is 5.75 Å².